The van der Waals surface area contributed by atoms with Crippen molar-refractivity contribution < 1.29 is 22.5 Å². The minimum Gasteiger partial charge on any atom is -0.407 e. The van der Waals surface area contributed by atoms with E-state index in [1.807, 2.05) is 0 Å². The average molecular weight is 377 g/mol. The highest BCUT2D eigenvalue weighted by molar-refractivity contribution is 7.86. The fourth-order valence-electron chi connectivity index (χ4n) is 2.36. The van der Waals surface area contributed by atoms with Crippen LogP contribution in [0.3, 0.4) is 0 Å². The van der Waals surface area contributed by atoms with E-state index in [2.05, 4.69) is 5.10 Å². The zero-order valence-corrected chi connectivity index (χ0v) is 14.0. The second-order valence-electron chi connectivity index (χ2n) is 4.96. The summed E-state index contributed by atoms with van der Waals surface area (Å²) in [6.07, 6.45) is 0.754. The molecule has 0 unspecified atom stereocenters. The van der Waals surface area contributed by atoms with Gasteiger partial charge in [-0.1, -0.05) is 23.2 Å². The minimum absolute atomic E-state index is 0.0195. The third kappa shape index (κ3) is 2.83. The standard InChI is InChI=1S/C13H10Cl2N2O5S/c1-6-7-2-3-12(18)22-13(7)17(16-6)10-4-9(15)11(5-8(10)14)23(19,20)21/h4-5H,2-3H2,1H3,(H,19,20,21). The summed E-state index contributed by atoms with van der Waals surface area (Å²) < 4.78 is 38.2. The minimum atomic E-state index is -4.51. The Bertz CT molecular complexity index is 936. The molecule has 0 bridgehead atoms. The number of halogens is 2. The van der Waals surface area contributed by atoms with Gasteiger partial charge in [-0.3, -0.25) is 9.35 Å². The number of hydrogen-bond acceptors (Lipinski definition) is 5. The maximum absolute atomic E-state index is 11.5. The Morgan fingerprint density at radius 3 is 2.61 bits per heavy atom. The largest absolute Gasteiger partial charge is 0.407 e. The molecule has 1 aliphatic rings. The van der Waals surface area contributed by atoms with Crippen LogP contribution in [-0.2, 0) is 21.3 Å². The predicted octanol–water partition coefficient (Wildman–Crippen LogP) is 2.59. The van der Waals surface area contributed by atoms with E-state index in [0.29, 0.717) is 12.1 Å². The van der Waals surface area contributed by atoms with Crippen molar-refractivity contribution in [1.29, 1.82) is 0 Å². The van der Waals surface area contributed by atoms with Crippen molar-refractivity contribution in [1.82, 2.24) is 9.78 Å². The number of nitrogens with zero attached hydrogens (tertiary/aromatic N) is 2. The van der Waals surface area contributed by atoms with Crippen LogP contribution in [0.25, 0.3) is 5.69 Å². The molecule has 2 heterocycles. The number of fused-ring (bicyclic) bond motifs is 1. The molecule has 0 amide bonds. The maximum atomic E-state index is 11.5. The van der Waals surface area contributed by atoms with Gasteiger partial charge in [-0.25, -0.2) is 0 Å². The molecule has 0 atom stereocenters. The number of esters is 1. The maximum Gasteiger partial charge on any atom is 0.312 e. The summed E-state index contributed by atoms with van der Waals surface area (Å²) in [5, 5.41) is 4.03. The molecule has 7 nitrogen and oxygen atoms in total. The lowest BCUT2D eigenvalue weighted by Crippen LogP contribution is -2.17. The topological polar surface area (TPSA) is 98.5 Å². The number of aromatic nitrogens is 2. The highest BCUT2D eigenvalue weighted by Crippen LogP contribution is 2.36. The summed E-state index contributed by atoms with van der Waals surface area (Å²) in [6, 6.07) is 2.25. The third-order valence-electron chi connectivity index (χ3n) is 3.43. The smallest absolute Gasteiger partial charge is 0.312 e. The van der Waals surface area contributed by atoms with Crippen LogP contribution in [0.4, 0.5) is 0 Å². The first-order valence-electron chi connectivity index (χ1n) is 6.44. The lowest BCUT2D eigenvalue weighted by Gasteiger charge is -2.15. The molecule has 1 aliphatic heterocycles. The Morgan fingerprint density at radius 2 is 1.96 bits per heavy atom. The first kappa shape index (κ1) is 16.3. The van der Waals surface area contributed by atoms with Crippen molar-refractivity contribution in [2.24, 2.45) is 0 Å². The molecule has 1 aromatic heterocycles. The van der Waals surface area contributed by atoms with Gasteiger partial charge in [0.05, 0.1) is 27.8 Å². The van der Waals surface area contributed by atoms with Crippen molar-refractivity contribution in [2.45, 2.75) is 24.7 Å². The van der Waals surface area contributed by atoms with E-state index in [1.165, 1.54) is 10.7 Å². The van der Waals surface area contributed by atoms with Crippen molar-refractivity contribution in [3.05, 3.63) is 33.4 Å². The van der Waals surface area contributed by atoms with Crippen LogP contribution in [-0.4, -0.2) is 28.7 Å². The fourth-order valence-corrected chi connectivity index (χ4v) is 3.69. The summed E-state index contributed by atoms with van der Waals surface area (Å²) in [7, 11) is -4.51. The normalized spacial score (nSPS) is 14.5. The van der Waals surface area contributed by atoms with E-state index in [1.54, 1.807) is 6.92 Å². The molecule has 1 aromatic carbocycles. The van der Waals surface area contributed by atoms with Crippen LogP contribution in [0, 0.1) is 6.92 Å². The van der Waals surface area contributed by atoms with Gasteiger partial charge in [0.25, 0.3) is 10.1 Å². The molecular weight excluding hydrogens is 367 g/mol. The summed E-state index contributed by atoms with van der Waals surface area (Å²) in [5.74, 6) is -0.160. The number of carbonyl (C=O) groups is 1. The van der Waals surface area contributed by atoms with Crippen molar-refractivity contribution in [3.63, 3.8) is 0 Å². The molecule has 0 radical (unpaired) electrons. The molecule has 0 fully saturated rings. The monoisotopic (exact) mass is 376 g/mol. The number of benzene rings is 1. The zero-order valence-electron chi connectivity index (χ0n) is 11.7. The zero-order chi connectivity index (χ0) is 16.9. The Kier molecular flexibility index (Phi) is 3.88. The van der Waals surface area contributed by atoms with Gasteiger partial charge in [-0.15, -0.1) is 0 Å². The first-order chi connectivity index (χ1) is 10.7. The lowest BCUT2D eigenvalue weighted by atomic mass is 10.1. The van der Waals surface area contributed by atoms with Gasteiger partial charge >= 0.3 is 5.97 Å². The van der Waals surface area contributed by atoms with Crippen LogP contribution in [0.15, 0.2) is 17.0 Å². The van der Waals surface area contributed by atoms with E-state index in [4.69, 9.17) is 32.5 Å². The van der Waals surface area contributed by atoms with Crippen molar-refractivity contribution in [3.8, 4) is 11.6 Å². The van der Waals surface area contributed by atoms with Gasteiger partial charge in [0.1, 0.15) is 4.90 Å². The van der Waals surface area contributed by atoms with Crippen LogP contribution in [0.5, 0.6) is 5.88 Å². The van der Waals surface area contributed by atoms with Crippen LogP contribution >= 0.6 is 23.2 Å². The predicted molar refractivity (Wildman–Crippen MR) is 82.1 cm³/mol. The van der Waals surface area contributed by atoms with Crippen molar-refractivity contribution >= 4 is 39.3 Å². The van der Waals surface area contributed by atoms with Gasteiger partial charge in [0.15, 0.2) is 0 Å². The van der Waals surface area contributed by atoms with E-state index in [-0.39, 0.29) is 28.0 Å². The SMILES string of the molecule is Cc1nn(-c2cc(Cl)c(S(=O)(=O)O)cc2Cl)c2c1CCC(=O)O2. The van der Waals surface area contributed by atoms with E-state index in [0.717, 1.165) is 11.6 Å². The molecule has 1 N–H and O–H groups in total. The molecular formula is C13H10Cl2N2O5S. The average Bonchev–Trinajstić information content (AvgIpc) is 2.76. The van der Waals surface area contributed by atoms with Crippen LogP contribution in [0.2, 0.25) is 10.0 Å². The number of ether oxygens (including phenoxy) is 1. The van der Waals surface area contributed by atoms with Gasteiger partial charge in [-0.2, -0.15) is 18.2 Å². The summed E-state index contributed by atoms with van der Waals surface area (Å²) in [6.45, 7) is 1.76. The number of aryl methyl sites for hydroxylation is 1. The Balaban J connectivity index is 2.21. The van der Waals surface area contributed by atoms with Crippen LogP contribution < -0.4 is 4.74 Å². The first-order valence-corrected chi connectivity index (χ1v) is 8.64. The lowest BCUT2D eigenvalue weighted by molar-refractivity contribution is -0.135. The van der Waals surface area contributed by atoms with Crippen LogP contribution in [0.1, 0.15) is 17.7 Å². The molecule has 0 saturated heterocycles. The molecule has 10 heteroatoms. The molecule has 0 aliphatic carbocycles. The number of carbonyl (C=O) groups excluding carboxylic acids is 1. The second kappa shape index (κ2) is 5.48. The third-order valence-corrected chi connectivity index (χ3v) is 5.06. The second-order valence-corrected chi connectivity index (χ2v) is 7.17. The van der Waals surface area contributed by atoms with Gasteiger partial charge in [-0.05, 0) is 25.5 Å². The molecule has 0 spiro atoms. The molecule has 3 rings (SSSR count). The van der Waals surface area contributed by atoms with Gasteiger partial charge in [0, 0.05) is 5.56 Å². The van der Waals surface area contributed by atoms with E-state index in [9.17, 15) is 13.2 Å². The highest BCUT2D eigenvalue weighted by atomic mass is 35.5. The molecule has 2 aromatic rings. The van der Waals surface area contributed by atoms with Crippen molar-refractivity contribution in [2.75, 3.05) is 0 Å². The highest BCUT2D eigenvalue weighted by Gasteiger charge is 2.27. The molecule has 23 heavy (non-hydrogen) atoms. The number of rotatable bonds is 2. The van der Waals surface area contributed by atoms with Gasteiger partial charge in [0.2, 0.25) is 5.88 Å². The Morgan fingerprint density at radius 1 is 1.26 bits per heavy atom. The molecule has 122 valence electrons. The Labute approximate surface area is 141 Å². The fraction of sp³-hybridized carbons (Fsp3) is 0.231. The molecule has 0 saturated carbocycles. The summed E-state index contributed by atoms with van der Waals surface area (Å²) in [4.78, 5) is 11.0. The van der Waals surface area contributed by atoms with Gasteiger partial charge < -0.3 is 4.74 Å². The Hall–Kier alpha value is -1.61. The summed E-state index contributed by atoms with van der Waals surface area (Å²) >= 11 is 12.0. The number of hydrogen-bond donors (Lipinski definition) is 1. The quantitative estimate of drug-likeness (QED) is 0.638. The van der Waals surface area contributed by atoms with E-state index >= 15 is 0 Å². The summed E-state index contributed by atoms with van der Waals surface area (Å²) in [5.41, 5.74) is 1.68. The van der Waals surface area contributed by atoms with E-state index < -0.39 is 21.0 Å².